The van der Waals surface area contributed by atoms with Crippen molar-refractivity contribution in [1.82, 2.24) is 24.8 Å². The van der Waals surface area contributed by atoms with E-state index >= 15 is 0 Å². The highest BCUT2D eigenvalue weighted by Gasteiger charge is 2.35. The molecule has 0 spiro atoms. The lowest BCUT2D eigenvalue weighted by Crippen LogP contribution is -2.55. The van der Waals surface area contributed by atoms with Crippen LogP contribution in [0.25, 0.3) is 10.8 Å². The number of nitriles is 1. The number of carbonyl (C=O) groups is 1. The number of pyridine rings is 1. The zero-order valence-electron chi connectivity index (χ0n) is 26.1. The van der Waals surface area contributed by atoms with Crippen LogP contribution in [-0.4, -0.2) is 83.1 Å². The Morgan fingerprint density at radius 2 is 2.02 bits per heavy atom. The third-order valence-electron chi connectivity index (χ3n) is 9.40. The van der Waals surface area contributed by atoms with E-state index < -0.39 is 17.8 Å². The largest absolute Gasteiger partial charge is 0.462 e. The molecule has 1 amide bonds. The zero-order chi connectivity index (χ0) is 32.4. The lowest BCUT2D eigenvalue weighted by molar-refractivity contribution is -0.131. The molecule has 4 heterocycles. The summed E-state index contributed by atoms with van der Waals surface area (Å²) in [7, 11) is 2.03. The van der Waals surface area contributed by atoms with Gasteiger partial charge in [-0.05, 0) is 31.2 Å². The Hall–Kier alpha value is -4.43. The first-order valence-corrected chi connectivity index (χ1v) is 16.1. The van der Waals surface area contributed by atoms with E-state index in [2.05, 4.69) is 38.9 Å². The number of carbonyl (C=O) groups excluding carboxylic acids is 1. The molecular weight excluding hydrogens is 607 g/mol. The van der Waals surface area contributed by atoms with Crippen LogP contribution in [0.4, 0.5) is 15.9 Å². The predicted octanol–water partition coefficient (Wildman–Crippen LogP) is 5.28. The summed E-state index contributed by atoms with van der Waals surface area (Å²) in [5, 5.41) is 12.1. The van der Waals surface area contributed by atoms with Crippen LogP contribution < -0.4 is 14.5 Å². The predicted molar refractivity (Wildman–Crippen MR) is 176 cm³/mol. The van der Waals surface area contributed by atoms with Crippen molar-refractivity contribution in [3.05, 3.63) is 71.6 Å². The third kappa shape index (κ3) is 6.31. The fraction of sp³-hybridized carbons (Fsp3) is 0.441. The summed E-state index contributed by atoms with van der Waals surface area (Å²) in [6.07, 6.45) is 7.97. The lowest BCUT2D eigenvalue weighted by atomic mass is 9.83. The monoisotopic (exact) mass is 644 g/mol. The maximum absolute atomic E-state index is 13.8. The van der Waals surface area contributed by atoms with Gasteiger partial charge in [-0.25, -0.2) is 4.39 Å². The summed E-state index contributed by atoms with van der Waals surface area (Å²) in [5.74, 6) is -0.546. The fourth-order valence-electron chi connectivity index (χ4n) is 6.55. The maximum atomic E-state index is 13.8. The molecule has 46 heavy (non-hydrogen) atoms. The molecule has 1 saturated heterocycles. The minimum absolute atomic E-state index is 0.0615. The second-order valence-corrected chi connectivity index (χ2v) is 12.6. The molecule has 0 radical (unpaired) electrons. The first-order chi connectivity index (χ1) is 22.2. The highest BCUT2D eigenvalue weighted by Crippen LogP contribution is 2.37. The summed E-state index contributed by atoms with van der Waals surface area (Å²) in [6, 6.07) is 7.70. The van der Waals surface area contributed by atoms with Gasteiger partial charge in [-0.1, -0.05) is 43.3 Å². The Morgan fingerprint density at radius 1 is 1.20 bits per heavy atom. The van der Waals surface area contributed by atoms with Crippen molar-refractivity contribution in [2.45, 2.75) is 44.7 Å². The molecule has 3 aliphatic rings. The summed E-state index contributed by atoms with van der Waals surface area (Å²) >= 11 is 6.67. The van der Waals surface area contributed by atoms with Crippen molar-refractivity contribution in [1.29, 1.82) is 5.26 Å². The lowest BCUT2D eigenvalue weighted by Gasteiger charge is -2.42. The number of likely N-dealkylation sites (N-methyl/N-ethyl adjacent to an activating group) is 1. The van der Waals surface area contributed by atoms with Crippen LogP contribution >= 0.6 is 11.6 Å². The topological polar surface area (TPSA) is 102 Å². The molecule has 1 aromatic carbocycles. The van der Waals surface area contributed by atoms with Crippen molar-refractivity contribution in [2.75, 3.05) is 56.2 Å². The first kappa shape index (κ1) is 31.5. The number of aromatic nitrogens is 3. The second-order valence-electron chi connectivity index (χ2n) is 12.2. The molecule has 1 saturated carbocycles. The van der Waals surface area contributed by atoms with E-state index in [9.17, 15) is 14.4 Å². The van der Waals surface area contributed by atoms with E-state index in [0.29, 0.717) is 56.7 Å². The van der Waals surface area contributed by atoms with Crippen molar-refractivity contribution in [2.24, 2.45) is 5.92 Å². The molecular formula is C34H38ClFN8O2. The highest BCUT2D eigenvalue weighted by atomic mass is 35.5. The number of anilines is 2. The van der Waals surface area contributed by atoms with Crippen molar-refractivity contribution in [3.63, 3.8) is 0 Å². The third-order valence-corrected chi connectivity index (χ3v) is 9.72. The number of ether oxygens (including phenoxy) is 1. The van der Waals surface area contributed by atoms with E-state index in [0.717, 1.165) is 39.2 Å². The molecule has 2 aromatic heterocycles. The van der Waals surface area contributed by atoms with Gasteiger partial charge in [0.2, 0.25) is 0 Å². The van der Waals surface area contributed by atoms with Crippen molar-refractivity contribution < 1.29 is 13.9 Å². The molecule has 1 atom stereocenters. The normalized spacial score (nSPS) is 18.0. The van der Waals surface area contributed by atoms with Gasteiger partial charge < -0.3 is 24.3 Å². The van der Waals surface area contributed by atoms with Gasteiger partial charge in [0.25, 0.3) is 5.91 Å². The Kier molecular flexibility index (Phi) is 9.27. The number of nitrogens with zero attached hydrogens (tertiary/aromatic N) is 8. The average molecular weight is 645 g/mol. The van der Waals surface area contributed by atoms with E-state index in [4.69, 9.17) is 26.3 Å². The highest BCUT2D eigenvalue weighted by molar-refractivity contribution is 6.36. The van der Waals surface area contributed by atoms with Gasteiger partial charge in [0, 0.05) is 61.5 Å². The molecule has 12 heteroatoms. The zero-order valence-corrected chi connectivity index (χ0v) is 26.8. The Morgan fingerprint density at radius 3 is 2.76 bits per heavy atom. The van der Waals surface area contributed by atoms with Gasteiger partial charge in [0.15, 0.2) is 5.83 Å². The molecule has 10 nitrogen and oxygen atoms in total. The van der Waals surface area contributed by atoms with E-state index in [1.807, 2.05) is 37.6 Å². The van der Waals surface area contributed by atoms with Crippen LogP contribution in [-0.2, 0) is 17.8 Å². The van der Waals surface area contributed by atoms with Gasteiger partial charge in [0.05, 0.1) is 54.2 Å². The summed E-state index contributed by atoms with van der Waals surface area (Å²) in [6.45, 7) is 10.7. The minimum Gasteiger partial charge on any atom is -0.462 e. The number of piperazine rings is 1. The van der Waals surface area contributed by atoms with Crippen LogP contribution in [0.15, 0.2) is 55.3 Å². The number of amides is 1. The number of rotatable bonds is 10. The molecule has 2 fully saturated rings. The van der Waals surface area contributed by atoms with Gasteiger partial charge in [-0.3, -0.25) is 9.78 Å². The molecule has 0 unspecified atom stereocenters. The van der Waals surface area contributed by atoms with Crippen LogP contribution in [0.5, 0.6) is 6.01 Å². The average Bonchev–Trinajstić information content (AvgIpc) is 3.03. The van der Waals surface area contributed by atoms with E-state index in [1.165, 1.54) is 24.2 Å². The standard InChI is InChI=1S/C34H38ClFN8O2/c1-22(36)33(45)44-15-14-43(20-26(44)10-12-37)32-27-11-13-42(30-19-38-18-25-8-5-9-28(35)31(25)30)21-29(27)39-34(40-32)46-17-16-41(3)23(2)24-6-4-7-24/h5,8-9,18-19,24,26H,1-2,4,6-7,10-11,13-17,20-21H2,3H3/t26-/m0/s1. The molecule has 240 valence electrons. The van der Waals surface area contributed by atoms with Crippen LogP contribution in [0, 0.1) is 17.2 Å². The smallest absolute Gasteiger partial charge is 0.318 e. The summed E-state index contributed by atoms with van der Waals surface area (Å²) < 4.78 is 20.0. The van der Waals surface area contributed by atoms with Crippen molar-refractivity contribution in [3.8, 4) is 12.1 Å². The van der Waals surface area contributed by atoms with Crippen molar-refractivity contribution >= 4 is 39.8 Å². The quantitative estimate of drug-likeness (QED) is 0.273. The van der Waals surface area contributed by atoms with Gasteiger partial charge in [0.1, 0.15) is 12.4 Å². The number of halogens is 2. The Bertz CT molecular complexity index is 1700. The number of hydrogen-bond acceptors (Lipinski definition) is 9. The number of allylic oxidation sites excluding steroid dienone is 1. The van der Waals surface area contributed by atoms with Crippen LogP contribution in [0.2, 0.25) is 5.02 Å². The first-order valence-electron chi connectivity index (χ1n) is 15.7. The molecule has 2 aliphatic heterocycles. The maximum Gasteiger partial charge on any atom is 0.318 e. The second kappa shape index (κ2) is 13.5. The van der Waals surface area contributed by atoms with E-state index in [1.54, 1.807) is 0 Å². The number of benzene rings is 1. The molecule has 1 aliphatic carbocycles. The molecule has 3 aromatic rings. The summed E-state index contributed by atoms with van der Waals surface area (Å²) in [4.78, 5) is 34.6. The fourth-order valence-corrected chi connectivity index (χ4v) is 6.83. The molecule has 6 rings (SSSR count). The van der Waals surface area contributed by atoms with Crippen LogP contribution in [0.1, 0.15) is 36.9 Å². The minimum atomic E-state index is -1.03. The van der Waals surface area contributed by atoms with Gasteiger partial charge in [-0.15, -0.1) is 0 Å². The summed E-state index contributed by atoms with van der Waals surface area (Å²) in [5.41, 5.74) is 3.88. The number of hydrogen-bond donors (Lipinski definition) is 0. The van der Waals surface area contributed by atoms with Gasteiger partial charge >= 0.3 is 6.01 Å². The van der Waals surface area contributed by atoms with Crippen LogP contribution in [0.3, 0.4) is 0 Å². The van der Waals surface area contributed by atoms with Gasteiger partial charge in [-0.2, -0.15) is 15.2 Å². The Balaban J connectivity index is 1.29. The number of fused-ring (bicyclic) bond motifs is 2. The molecule has 0 bridgehead atoms. The van der Waals surface area contributed by atoms with E-state index in [-0.39, 0.29) is 19.0 Å². The Labute approximate surface area is 273 Å². The SMILES string of the molecule is C=C(F)C(=O)N1CCN(c2nc(OCCN(C)C(=C)C3CCC3)nc3c2CCN(c2cncc4cccc(Cl)c24)C3)C[C@@H]1CC#N. The molecule has 0 N–H and O–H groups in total.